The summed E-state index contributed by atoms with van der Waals surface area (Å²) in [4.78, 5) is 0. The Bertz CT molecular complexity index is 379. The van der Waals surface area contributed by atoms with Gasteiger partial charge in [0, 0.05) is 5.92 Å². The minimum absolute atomic E-state index is 0.803. The second-order valence-electron chi connectivity index (χ2n) is 3.70. The van der Waals surface area contributed by atoms with E-state index in [1.54, 1.807) is 0 Å². The maximum atomic E-state index is 13.7. The van der Waals surface area contributed by atoms with Crippen LogP contribution in [0.2, 0.25) is 0 Å². The van der Waals surface area contributed by atoms with Gasteiger partial charge in [-0.15, -0.1) is 0 Å². The van der Waals surface area contributed by atoms with E-state index < -0.39 is 40.8 Å². The van der Waals surface area contributed by atoms with E-state index in [0.29, 0.717) is 0 Å². The van der Waals surface area contributed by atoms with Crippen molar-refractivity contribution in [3.63, 3.8) is 0 Å². The fourth-order valence-electron chi connectivity index (χ4n) is 1.40. The van der Waals surface area contributed by atoms with Gasteiger partial charge < -0.3 is 0 Å². The molecule has 0 fully saturated rings. The lowest BCUT2D eigenvalue weighted by Crippen LogP contribution is -2.52. The standard InChI is InChI=1S/C9H7F7/c1-3(2)8(14)6(12)4(10)5(11)7(13)9(8,15)16/h3H,1-2H3/t8-/m1/s1. The summed E-state index contributed by atoms with van der Waals surface area (Å²) in [5.41, 5.74) is -4.21. The third-order valence-corrected chi connectivity index (χ3v) is 2.43. The molecule has 0 N–H and O–H groups in total. The average molecular weight is 248 g/mol. The van der Waals surface area contributed by atoms with Crippen molar-refractivity contribution in [1.82, 2.24) is 0 Å². The number of halogens is 7. The molecule has 16 heavy (non-hydrogen) atoms. The summed E-state index contributed by atoms with van der Waals surface area (Å²) in [6.45, 7) is 1.61. The first-order valence-corrected chi connectivity index (χ1v) is 4.27. The van der Waals surface area contributed by atoms with Crippen LogP contribution in [0.1, 0.15) is 13.8 Å². The molecule has 1 atom stereocenters. The number of rotatable bonds is 1. The van der Waals surface area contributed by atoms with Gasteiger partial charge in [-0.2, -0.15) is 8.78 Å². The highest BCUT2D eigenvalue weighted by molar-refractivity contribution is 5.41. The molecule has 1 aliphatic rings. The maximum Gasteiger partial charge on any atom is 0.341 e. The first-order valence-electron chi connectivity index (χ1n) is 4.27. The molecule has 1 aliphatic carbocycles. The molecule has 1 rings (SSSR count). The lowest BCUT2D eigenvalue weighted by atomic mass is 9.81. The van der Waals surface area contributed by atoms with Crippen LogP contribution in [0.15, 0.2) is 23.3 Å². The van der Waals surface area contributed by atoms with Gasteiger partial charge in [-0.25, -0.2) is 22.0 Å². The van der Waals surface area contributed by atoms with Crippen molar-refractivity contribution in [3.05, 3.63) is 23.3 Å². The van der Waals surface area contributed by atoms with Crippen molar-refractivity contribution in [2.45, 2.75) is 25.4 Å². The lowest BCUT2D eigenvalue weighted by Gasteiger charge is -2.36. The molecule has 0 aromatic carbocycles. The molecule has 0 aromatic rings. The Hall–Kier alpha value is -1.01. The van der Waals surface area contributed by atoms with Crippen molar-refractivity contribution in [1.29, 1.82) is 0 Å². The second kappa shape index (κ2) is 3.49. The van der Waals surface area contributed by atoms with Gasteiger partial charge in [0.2, 0.25) is 11.5 Å². The Morgan fingerprint density at radius 2 is 1.19 bits per heavy atom. The zero-order valence-electron chi connectivity index (χ0n) is 8.22. The van der Waals surface area contributed by atoms with Gasteiger partial charge in [0.15, 0.2) is 17.5 Å². The summed E-state index contributed by atoms with van der Waals surface area (Å²) in [5.74, 6) is -17.6. The molecule has 0 aromatic heterocycles. The fourth-order valence-corrected chi connectivity index (χ4v) is 1.40. The molecule has 0 nitrogen and oxygen atoms in total. The molecule has 0 saturated carbocycles. The van der Waals surface area contributed by atoms with Gasteiger partial charge in [0.1, 0.15) is 0 Å². The van der Waals surface area contributed by atoms with E-state index >= 15 is 0 Å². The number of allylic oxidation sites excluding steroid dienone is 4. The first-order chi connectivity index (χ1) is 7.08. The molecule has 92 valence electrons. The normalized spacial score (nSPS) is 30.4. The zero-order valence-corrected chi connectivity index (χ0v) is 8.22. The zero-order chi connectivity index (χ0) is 12.9. The molecule has 0 aliphatic heterocycles. The van der Waals surface area contributed by atoms with E-state index in [1.165, 1.54) is 0 Å². The van der Waals surface area contributed by atoms with E-state index in [2.05, 4.69) is 0 Å². The van der Waals surface area contributed by atoms with Crippen LogP contribution in [-0.2, 0) is 0 Å². The highest BCUT2D eigenvalue weighted by atomic mass is 19.3. The van der Waals surface area contributed by atoms with Crippen LogP contribution in [-0.4, -0.2) is 11.6 Å². The summed E-state index contributed by atoms with van der Waals surface area (Å²) in [7, 11) is 0. The third-order valence-electron chi connectivity index (χ3n) is 2.43. The number of hydrogen-bond donors (Lipinski definition) is 0. The van der Waals surface area contributed by atoms with Gasteiger partial charge >= 0.3 is 5.92 Å². The molecule has 0 unspecified atom stereocenters. The van der Waals surface area contributed by atoms with Crippen LogP contribution in [0.4, 0.5) is 30.7 Å². The summed E-state index contributed by atoms with van der Waals surface area (Å²) in [6.07, 6.45) is 0. The maximum absolute atomic E-state index is 13.7. The van der Waals surface area contributed by atoms with Crippen LogP contribution < -0.4 is 0 Å². The van der Waals surface area contributed by atoms with Crippen molar-refractivity contribution >= 4 is 0 Å². The van der Waals surface area contributed by atoms with Crippen LogP contribution in [0, 0.1) is 5.92 Å². The molecule has 0 amide bonds. The van der Waals surface area contributed by atoms with Gasteiger partial charge in [0.25, 0.3) is 0 Å². The van der Waals surface area contributed by atoms with Gasteiger partial charge in [-0.05, 0) is 0 Å². The monoisotopic (exact) mass is 248 g/mol. The number of alkyl halides is 3. The van der Waals surface area contributed by atoms with Crippen molar-refractivity contribution in [2.24, 2.45) is 5.92 Å². The fraction of sp³-hybridized carbons (Fsp3) is 0.556. The Balaban J connectivity index is 3.56. The van der Waals surface area contributed by atoms with Crippen LogP contribution in [0.5, 0.6) is 0 Å². The predicted octanol–water partition coefficient (Wildman–Crippen LogP) is 4.30. The van der Waals surface area contributed by atoms with E-state index in [-0.39, 0.29) is 0 Å². The Labute approximate surface area is 86.4 Å². The van der Waals surface area contributed by atoms with Crippen LogP contribution >= 0.6 is 0 Å². The van der Waals surface area contributed by atoms with Crippen molar-refractivity contribution < 1.29 is 30.7 Å². The second-order valence-corrected chi connectivity index (χ2v) is 3.70. The largest absolute Gasteiger partial charge is 0.341 e. The summed E-state index contributed by atoms with van der Waals surface area (Å²) in [6, 6.07) is 0. The Morgan fingerprint density at radius 3 is 1.56 bits per heavy atom. The van der Waals surface area contributed by atoms with E-state index in [0.717, 1.165) is 13.8 Å². The Kier molecular flexibility index (Phi) is 2.85. The summed E-state index contributed by atoms with van der Waals surface area (Å²) >= 11 is 0. The third kappa shape index (κ3) is 1.29. The highest BCUT2D eigenvalue weighted by Crippen LogP contribution is 2.55. The molecule has 0 saturated heterocycles. The quantitative estimate of drug-likeness (QED) is 0.607. The topological polar surface area (TPSA) is 0 Å². The predicted molar refractivity (Wildman–Crippen MR) is 42.1 cm³/mol. The highest BCUT2D eigenvalue weighted by Gasteiger charge is 2.67. The SMILES string of the molecule is CC(C)[C@@]1(F)C(F)=C(F)C(F)=C(F)C1(F)F. The first kappa shape index (κ1) is 13.1. The molecule has 0 bridgehead atoms. The van der Waals surface area contributed by atoms with Crippen molar-refractivity contribution in [2.75, 3.05) is 0 Å². The summed E-state index contributed by atoms with van der Waals surface area (Å²) in [5, 5.41) is 0. The molecule has 0 spiro atoms. The molecule has 0 radical (unpaired) electrons. The number of hydrogen-bond acceptors (Lipinski definition) is 0. The van der Waals surface area contributed by atoms with Gasteiger partial charge in [-0.3, -0.25) is 0 Å². The molecular weight excluding hydrogens is 241 g/mol. The van der Waals surface area contributed by atoms with E-state index in [4.69, 9.17) is 0 Å². The molecular formula is C9H7F7. The molecule has 0 heterocycles. The average Bonchev–Trinajstić information content (AvgIpc) is 2.21. The van der Waals surface area contributed by atoms with E-state index in [9.17, 15) is 30.7 Å². The van der Waals surface area contributed by atoms with E-state index in [1.807, 2.05) is 0 Å². The minimum atomic E-state index is -5.06. The van der Waals surface area contributed by atoms with Gasteiger partial charge in [0.05, 0.1) is 0 Å². The summed E-state index contributed by atoms with van der Waals surface area (Å²) < 4.78 is 90.7. The Morgan fingerprint density at radius 1 is 0.812 bits per heavy atom. The van der Waals surface area contributed by atoms with Crippen LogP contribution in [0.25, 0.3) is 0 Å². The van der Waals surface area contributed by atoms with Gasteiger partial charge in [-0.1, -0.05) is 13.8 Å². The lowest BCUT2D eigenvalue weighted by molar-refractivity contribution is -0.139. The molecule has 7 heteroatoms. The minimum Gasteiger partial charge on any atom is -0.228 e. The van der Waals surface area contributed by atoms with Crippen molar-refractivity contribution in [3.8, 4) is 0 Å². The smallest absolute Gasteiger partial charge is 0.228 e. The van der Waals surface area contributed by atoms with Crippen LogP contribution in [0.3, 0.4) is 0 Å².